The van der Waals surface area contributed by atoms with Gasteiger partial charge in [0.15, 0.2) is 10.9 Å². The van der Waals surface area contributed by atoms with Gasteiger partial charge < -0.3 is 10.2 Å². The number of likely N-dealkylation sites (N-methyl/N-ethyl adjacent to an activating group) is 1. The normalized spacial score (nSPS) is 17.3. The van der Waals surface area contributed by atoms with Crippen LogP contribution in [0.4, 0.5) is 17.5 Å². The van der Waals surface area contributed by atoms with E-state index in [9.17, 15) is 13.2 Å². The average molecular weight is 498 g/mol. The Balaban J connectivity index is 1.60. The molecule has 1 fully saturated rings. The van der Waals surface area contributed by atoms with E-state index in [0.717, 1.165) is 49.0 Å². The lowest BCUT2D eigenvalue weighted by molar-refractivity contribution is -0.124. The molecule has 1 aliphatic carbocycles. The van der Waals surface area contributed by atoms with Crippen molar-refractivity contribution in [2.24, 2.45) is 10.2 Å². The second-order valence-corrected chi connectivity index (χ2v) is 10.5. The highest BCUT2D eigenvalue weighted by molar-refractivity contribution is 7.89. The Kier molecular flexibility index (Phi) is 5.48. The van der Waals surface area contributed by atoms with Gasteiger partial charge in [0.25, 0.3) is 10.0 Å². The number of fused-ring (bicyclic) bond motifs is 4. The van der Waals surface area contributed by atoms with Crippen LogP contribution in [0.25, 0.3) is 11.0 Å². The van der Waals surface area contributed by atoms with Crippen molar-refractivity contribution in [3.63, 3.8) is 0 Å². The van der Waals surface area contributed by atoms with Crippen molar-refractivity contribution >= 4 is 50.3 Å². The Labute approximate surface area is 202 Å². The number of nitrogens with two attached hydrogens (primary N) is 1. The summed E-state index contributed by atoms with van der Waals surface area (Å²) >= 11 is 0. The fourth-order valence-electron chi connectivity index (χ4n) is 4.95. The molecule has 4 heterocycles. The van der Waals surface area contributed by atoms with Crippen molar-refractivity contribution in [3.8, 4) is 0 Å². The fraction of sp³-hybridized carbons (Fsp3) is 0.409. The third-order valence-electron chi connectivity index (χ3n) is 6.70. The maximum Gasteiger partial charge on any atom is 0.255 e. The first kappa shape index (κ1) is 23.2. The standard InChI is InChI=1S/C22H27N9O3S/c1-14(32)29(2)20-22(9-5-4-6-10-22)31-18(30(3)28-20)11-15-12-25-21(27-19(15)31)26-16-7-8-17(24-13-16)35(23,33)34/h7-8,11-13H,4-6,9-10H2,1-3H3,(H2,23,33,34)(H,25,26,27). The van der Waals surface area contributed by atoms with Gasteiger partial charge in [-0.15, -0.1) is 0 Å². The molecule has 1 amide bonds. The van der Waals surface area contributed by atoms with Crippen LogP contribution in [0.3, 0.4) is 0 Å². The molecule has 0 aromatic carbocycles. The number of carbonyl (C=O) groups excluding carboxylic acids is 1. The van der Waals surface area contributed by atoms with Crippen LogP contribution in [-0.2, 0) is 20.4 Å². The number of pyridine rings is 1. The highest BCUT2D eigenvalue weighted by Crippen LogP contribution is 2.45. The Hall–Kier alpha value is -3.58. The largest absolute Gasteiger partial charge is 0.323 e. The molecule has 2 aliphatic rings. The molecule has 12 nitrogen and oxygen atoms in total. The number of amides is 1. The minimum Gasteiger partial charge on any atom is -0.323 e. The third-order valence-corrected chi connectivity index (χ3v) is 7.52. The zero-order valence-electron chi connectivity index (χ0n) is 19.8. The second kappa shape index (κ2) is 8.27. The topological polar surface area (TPSA) is 152 Å². The summed E-state index contributed by atoms with van der Waals surface area (Å²) in [7, 11) is -0.254. The van der Waals surface area contributed by atoms with Gasteiger partial charge in [0.1, 0.15) is 17.0 Å². The van der Waals surface area contributed by atoms with Gasteiger partial charge >= 0.3 is 0 Å². The van der Waals surface area contributed by atoms with Gasteiger partial charge in [-0.1, -0.05) is 19.3 Å². The summed E-state index contributed by atoms with van der Waals surface area (Å²) in [6.07, 6.45) is 7.97. The molecule has 184 valence electrons. The number of hydrogen-bond donors (Lipinski definition) is 2. The maximum atomic E-state index is 12.4. The van der Waals surface area contributed by atoms with Crippen molar-refractivity contribution in [2.45, 2.75) is 49.6 Å². The number of hydrazone groups is 1. The van der Waals surface area contributed by atoms with Gasteiger partial charge in [-0.25, -0.2) is 23.5 Å². The molecule has 1 spiro atoms. The smallest absolute Gasteiger partial charge is 0.255 e. The van der Waals surface area contributed by atoms with E-state index in [0.29, 0.717) is 17.5 Å². The lowest BCUT2D eigenvalue weighted by atomic mass is 9.79. The molecule has 0 bridgehead atoms. The van der Waals surface area contributed by atoms with Crippen molar-refractivity contribution < 1.29 is 13.2 Å². The lowest BCUT2D eigenvalue weighted by Crippen LogP contribution is -2.55. The molecule has 1 saturated carbocycles. The molecule has 35 heavy (non-hydrogen) atoms. The molecule has 0 saturated heterocycles. The monoisotopic (exact) mass is 497 g/mol. The van der Waals surface area contributed by atoms with E-state index in [4.69, 9.17) is 15.2 Å². The zero-order valence-corrected chi connectivity index (χ0v) is 20.6. The van der Waals surface area contributed by atoms with Crippen LogP contribution in [0, 0.1) is 0 Å². The SMILES string of the molecule is CC(=O)N(C)C1=NN(C)c2cc3cnc(Nc4ccc(S(N)(=O)=O)nc4)nc3n2C12CCCCC2. The number of aromatic nitrogens is 4. The lowest BCUT2D eigenvalue weighted by Gasteiger charge is -2.46. The first-order valence-electron chi connectivity index (χ1n) is 11.3. The minimum atomic E-state index is -3.88. The second-order valence-electron chi connectivity index (χ2n) is 8.98. The summed E-state index contributed by atoms with van der Waals surface area (Å²) in [5, 5.41) is 15.5. The van der Waals surface area contributed by atoms with Crippen molar-refractivity contribution in [1.82, 2.24) is 24.4 Å². The van der Waals surface area contributed by atoms with Gasteiger partial charge in [0.05, 0.1) is 11.9 Å². The molecule has 5 rings (SSSR count). The number of nitrogens with one attached hydrogen (secondary N) is 1. The predicted molar refractivity (Wildman–Crippen MR) is 132 cm³/mol. The quantitative estimate of drug-likeness (QED) is 0.558. The molecule has 0 radical (unpaired) electrons. The van der Waals surface area contributed by atoms with Crippen LogP contribution >= 0.6 is 0 Å². The van der Waals surface area contributed by atoms with Crippen LogP contribution in [0.15, 0.2) is 40.7 Å². The first-order valence-corrected chi connectivity index (χ1v) is 12.9. The van der Waals surface area contributed by atoms with Crippen molar-refractivity contribution in [2.75, 3.05) is 24.4 Å². The summed E-state index contributed by atoms with van der Waals surface area (Å²) in [5.41, 5.74) is 0.752. The summed E-state index contributed by atoms with van der Waals surface area (Å²) < 4.78 is 25.1. The zero-order chi connectivity index (χ0) is 25.0. The van der Waals surface area contributed by atoms with Gasteiger partial charge in [-0.05, 0) is 31.0 Å². The Morgan fingerprint density at radius 3 is 2.54 bits per heavy atom. The number of anilines is 3. The van der Waals surface area contributed by atoms with E-state index in [-0.39, 0.29) is 10.9 Å². The van der Waals surface area contributed by atoms with Crippen molar-refractivity contribution in [3.05, 3.63) is 30.6 Å². The van der Waals surface area contributed by atoms with Crippen LogP contribution in [-0.4, -0.2) is 58.7 Å². The summed E-state index contributed by atoms with van der Waals surface area (Å²) in [4.78, 5) is 27.1. The molecular weight excluding hydrogens is 470 g/mol. The Bertz CT molecular complexity index is 1440. The third kappa shape index (κ3) is 3.90. The number of primary sulfonamides is 1. The van der Waals surface area contributed by atoms with E-state index in [1.165, 1.54) is 12.3 Å². The van der Waals surface area contributed by atoms with Crippen LogP contribution in [0.2, 0.25) is 0 Å². The van der Waals surface area contributed by atoms with Gasteiger partial charge in [-0.2, -0.15) is 10.1 Å². The molecule has 1 aliphatic heterocycles. The summed E-state index contributed by atoms with van der Waals surface area (Å²) in [6.45, 7) is 1.54. The highest BCUT2D eigenvalue weighted by Gasteiger charge is 2.47. The summed E-state index contributed by atoms with van der Waals surface area (Å²) in [6, 6.07) is 4.88. The number of rotatable bonds is 3. The maximum absolute atomic E-state index is 12.4. The number of carbonyl (C=O) groups is 1. The van der Waals surface area contributed by atoms with E-state index in [1.807, 2.05) is 13.1 Å². The van der Waals surface area contributed by atoms with Crippen molar-refractivity contribution in [1.29, 1.82) is 0 Å². The minimum absolute atomic E-state index is 0.0746. The molecule has 3 aromatic rings. The van der Waals surface area contributed by atoms with Gasteiger partial charge in [-0.3, -0.25) is 14.4 Å². The summed E-state index contributed by atoms with van der Waals surface area (Å²) in [5.74, 6) is 1.86. The first-order chi connectivity index (χ1) is 16.6. The Morgan fingerprint density at radius 2 is 1.91 bits per heavy atom. The Morgan fingerprint density at radius 1 is 1.17 bits per heavy atom. The van der Waals surface area contributed by atoms with E-state index in [2.05, 4.69) is 19.9 Å². The predicted octanol–water partition coefficient (Wildman–Crippen LogP) is 2.12. The fourth-order valence-corrected chi connectivity index (χ4v) is 5.40. The molecule has 3 aromatic heterocycles. The molecule has 3 N–H and O–H groups in total. The number of nitrogens with zero attached hydrogens (tertiary/aromatic N) is 7. The number of hydrogen-bond acceptors (Lipinski definition) is 9. The van der Waals surface area contributed by atoms with Gasteiger partial charge in [0.2, 0.25) is 11.9 Å². The molecule has 0 unspecified atom stereocenters. The van der Waals surface area contributed by atoms with E-state index in [1.54, 1.807) is 36.1 Å². The van der Waals surface area contributed by atoms with Crippen LogP contribution in [0.5, 0.6) is 0 Å². The molecule has 0 atom stereocenters. The van der Waals surface area contributed by atoms with Gasteiger partial charge in [0, 0.05) is 32.6 Å². The highest BCUT2D eigenvalue weighted by atomic mass is 32.2. The number of sulfonamides is 1. The average Bonchev–Trinajstić information content (AvgIpc) is 3.22. The molecule has 13 heteroatoms. The van der Waals surface area contributed by atoms with E-state index < -0.39 is 15.6 Å². The molecular formula is C22H27N9O3S. The van der Waals surface area contributed by atoms with Crippen LogP contribution in [0.1, 0.15) is 39.0 Å². The van der Waals surface area contributed by atoms with E-state index >= 15 is 0 Å². The van der Waals surface area contributed by atoms with Crippen LogP contribution < -0.4 is 15.5 Å². The number of amidine groups is 1.